The highest BCUT2D eigenvalue weighted by Crippen LogP contribution is 2.38. The summed E-state index contributed by atoms with van der Waals surface area (Å²) in [6.45, 7) is 3.58. The van der Waals surface area contributed by atoms with Crippen LogP contribution in [0.15, 0.2) is 30.3 Å². The third-order valence-corrected chi connectivity index (χ3v) is 3.83. The fourth-order valence-electron chi connectivity index (χ4n) is 2.18. The van der Waals surface area contributed by atoms with E-state index in [0.717, 1.165) is 34.6 Å². The maximum absolute atomic E-state index is 6.18. The molecule has 0 unspecified atom stereocenters. The molecular weight excluding hydrogens is 284 g/mol. The van der Waals surface area contributed by atoms with Crippen LogP contribution in [0.3, 0.4) is 0 Å². The van der Waals surface area contributed by atoms with Crippen LogP contribution < -0.4 is 10.6 Å². The SMILES string of the molecule is CCNc1cc(NCc2ccccc2Cl)nc(C2CC2)n1. The largest absolute Gasteiger partial charge is 0.370 e. The van der Waals surface area contributed by atoms with Crippen LogP contribution in [0.5, 0.6) is 0 Å². The quantitative estimate of drug-likeness (QED) is 0.845. The molecule has 2 aromatic rings. The van der Waals surface area contributed by atoms with Crippen molar-refractivity contribution in [2.24, 2.45) is 0 Å². The summed E-state index contributed by atoms with van der Waals surface area (Å²) in [4.78, 5) is 9.19. The van der Waals surface area contributed by atoms with Crippen LogP contribution in [0.2, 0.25) is 5.02 Å². The van der Waals surface area contributed by atoms with Crippen LogP contribution >= 0.6 is 11.6 Å². The zero-order chi connectivity index (χ0) is 14.7. The molecule has 1 fully saturated rings. The predicted octanol–water partition coefficient (Wildman–Crippen LogP) is 4.05. The third kappa shape index (κ3) is 3.64. The molecule has 1 aliphatic rings. The highest BCUT2D eigenvalue weighted by molar-refractivity contribution is 6.31. The minimum absolute atomic E-state index is 0.532. The van der Waals surface area contributed by atoms with Crippen molar-refractivity contribution in [2.75, 3.05) is 17.2 Å². The number of aromatic nitrogens is 2. The van der Waals surface area contributed by atoms with Crippen LogP contribution in [0.1, 0.15) is 37.1 Å². The lowest BCUT2D eigenvalue weighted by Crippen LogP contribution is -2.08. The molecular formula is C16H19ClN4. The van der Waals surface area contributed by atoms with E-state index in [1.807, 2.05) is 30.3 Å². The van der Waals surface area contributed by atoms with Crippen molar-refractivity contribution in [1.82, 2.24) is 9.97 Å². The summed E-state index contributed by atoms with van der Waals surface area (Å²) >= 11 is 6.18. The number of anilines is 2. The zero-order valence-electron chi connectivity index (χ0n) is 12.1. The van der Waals surface area contributed by atoms with Crippen LogP contribution in [0, 0.1) is 0 Å². The number of nitrogens with zero attached hydrogens (tertiary/aromatic N) is 2. The molecule has 0 atom stereocenters. The van der Waals surface area contributed by atoms with Crippen molar-refractivity contribution in [3.8, 4) is 0 Å². The van der Waals surface area contributed by atoms with E-state index in [4.69, 9.17) is 11.6 Å². The van der Waals surface area contributed by atoms with E-state index < -0.39 is 0 Å². The fraction of sp³-hybridized carbons (Fsp3) is 0.375. The van der Waals surface area contributed by atoms with Crippen molar-refractivity contribution in [2.45, 2.75) is 32.2 Å². The third-order valence-electron chi connectivity index (χ3n) is 3.46. The van der Waals surface area contributed by atoms with Gasteiger partial charge in [-0.3, -0.25) is 0 Å². The van der Waals surface area contributed by atoms with Gasteiger partial charge in [-0.2, -0.15) is 0 Å². The standard InChI is InChI=1S/C16H19ClN4/c1-2-18-14-9-15(21-16(20-14)11-7-8-11)19-10-12-5-3-4-6-13(12)17/h3-6,9,11H,2,7-8,10H2,1H3,(H2,18,19,20,21). The Morgan fingerprint density at radius 1 is 1.14 bits per heavy atom. The Labute approximate surface area is 130 Å². The second-order valence-corrected chi connectivity index (χ2v) is 5.65. The van der Waals surface area contributed by atoms with Gasteiger partial charge < -0.3 is 10.6 Å². The Hall–Kier alpha value is -1.81. The average molecular weight is 303 g/mol. The van der Waals surface area contributed by atoms with Crippen molar-refractivity contribution >= 4 is 23.2 Å². The number of nitrogens with one attached hydrogen (secondary N) is 2. The summed E-state index contributed by atoms with van der Waals surface area (Å²) in [6.07, 6.45) is 2.39. The first kappa shape index (κ1) is 14.1. The summed E-state index contributed by atoms with van der Waals surface area (Å²) in [5.74, 6) is 3.21. The van der Waals surface area contributed by atoms with E-state index in [-0.39, 0.29) is 0 Å². The van der Waals surface area contributed by atoms with E-state index >= 15 is 0 Å². The molecule has 0 bridgehead atoms. The van der Waals surface area contributed by atoms with Gasteiger partial charge in [0.05, 0.1) is 0 Å². The zero-order valence-corrected chi connectivity index (χ0v) is 12.8. The van der Waals surface area contributed by atoms with Crippen molar-refractivity contribution in [3.05, 3.63) is 46.7 Å². The van der Waals surface area contributed by atoms with Gasteiger partial charge in [-0.1, -0.05) is 29.8 Å². The van der Waals surface area contributed by atoms with Gasteiger partial charge in [0.25, 0.3) is 0 Å². The van der Waals surface area contributed by atoms with Crippen molar-refractivity contribution in [3.63, 3.8) is 0 Å². The van der Waals surface area contributed by atoms with Gasteiger partial charge in [0.2, 0.25) is 0 Å². The Morgan fingerprint density at radius 3 is 2.52 bits per heavy atom. The molecule has 1 aliphatic carbocycles. The Morgan fingerprint density at radius 2 is 1.86 bits per heavy atom. The minimum Gasteiger partial charge on any atom is -0.370 e. The van der Waals surface area contributed by atoms with E-state index in [1.54, 1.807) is 0 Å². The van der Waals surface area contributed by atoms with Crippen LogP contribution in [-0.4, -0.2) is 16.5 Å². The second-order valence-electron chi connectivity index (χ2n) is 5.25. The van der Waals surface area contributed by atoms with Crippen LogP contribution in [0.4, 0.5) is 11.6 Å². The summed E-state index contributed by atoms with van der Waals surface area (Å²) < 4.78 is 0. The summed E-state index contributed by atoms with van der Waals surface area (Å²) in [5.41, 5.74) is 1.07. The van der Waals surface area contributed by atoms with Gasteiger partial charge in [-0.05, 0) is 31.4 Å². The van der Waals surface area contributed by atoms with E-state index in [9.17, 15) is 0 Å². The second kappa shape index (κ2) is 6.31. The normalized spacial score (nSPS) is 14.0. The lowest BCUT2D eigenvalue weighted by atomic mass is 10.2. The highest BCUT2D eigenvalue weighted by Gasteiger charge is 2.27. The molecule has 1 aromatic carbocycles. The molecule has 110 valence electrons. The lowest BCUT2D eigenvalue weighted by Gasteiger charge is -2.11. The first-order valence-electron chi connectivity index (χ1n) is 7.36. The number of benzene rings is 1. The van der Waals surface area contributed by atoms with E-state index in [2.05, 4.69) is 27.5 Å². The highest BCUT2D eigenvalue weighted by atomic mass is 35.5. The molecule has 3 rings (SSSR count). The van der Waals surface area contributed by atoms with Gasteiger partial charge in [0, 0.05) is 30.1 Å². The molecule has 4 nitrogen and oxygen atoms in total. The Balaban J connectivity index is 1.76. The molecule has 1 aromatic heterocycles. The Kier molecular flexibility index (Phi) is 4.25. The van der Waals surface area contributed by atoms with Gasteiger partial charge in [0.1, 0.15) is 17.5 Å². The molecule has 21 heavy (non-hydrogen) atoms. The molecule has 0 spiro atoms. The van der Waals surface area contributed by atoms with Crippen molar-refractivity contribution in [1.29, 1.82) is 0 Å². The summed E-state index contributed by atoms with van der Waals surface area (Å²) in [5, 5.41) is 7.38. The molecule has 0 aliphatic heterocycles. The Bertz CT molecular complexity index is 625. The maximum Gasteiger partial charge on any atom is 0.136 e. The average Bonchev–Trinajstić information content (AvgIpc) is 3.31. The van der Waals surface area contributed by atoms with Crippen LogP contribution in [0.25, 0.3) is 0 Å². The summed E-state index contributed by atoms with van der Waals surface area (Å²) in [6, 6.07) is 9.79. The molecule has 0 amide bonds. The first-order valence-corrected chi connectivity index (χ1v) is 7.74. The molecule has 0 radical (unpaired) electrons. The van der Waals surface area contributed by atoms with E-state index in [0.29, 0.717) is 12.5 Å². The van der Waals surface area contributed by atoms with Gasteiger partial charge in [-0.25, -0.2) is 9.97 Å². The van der Waals surface area contributed by atoms with E-state index in [1.165, 1.54) is 12.8 Å². The molecule has 0 saturated heterocycles. The monoisotopic (exact) mass is 302 g/mol. The number of halogens is 1. The first-order chi connectivity index (χ1) is 10.3. The minimum atomic E-state index is 0.532. The van der Waals surface area contributed by atoms with Gasteiger partial charge in [0.15, 0.2) is 0 Å². The smallest absolute Gasteiger partial charge is 0.136 e. The predicted molar refractivity (Wildman–Crippen MR) is 86.9 cm³/mol. The van der Waals surface area contributed by atoms with Crippen LogP contribution in [-0.2, 0) is 6.54 Å². The van der Waals surface area contributed by atoms with Gasteiger partial charge >= 0.3 is 0 Å². The topological polar surface area (TPSA) is 49.8 Å². The molecule has 5 heteroatoms. The number of rotatable bonds is 6. The maximum atomic E-state index is 6.18. The number of hydrogen-bond donors (Lipinski definition) is 2. The van der Waals surface area contributed by atoms with Gasteiger partial charge in [-0.15, -0.1) is 0 Å². The molecule has 2 N–H and O–H groups in total. The number of hydrogen-bond acceptors (Lipinski definition) is 4. The fourth-order valence-corrected chi connectivity index (χ4v) is 2.38. The van der Waals surface area contributed by atoms with Crippen molar-refractivity contribution < 1.29 is 0 Å². The lowest BCUT2D eigenvalue weighted by molar-refractivity contribution is 0.918. The summed E-state index contributed by atoms with van der Waals surface area (Å²) in [7, 11) is 0. The molecule has 1 saturated carbocycles. The molecule has 1 heterocycles.